The minimum atomic E-state index is -0.848. The molecule has 2 aromatic rings. The number of benzene rings is 2. The van der Waals surface area contributed by atoms with Gasteiger partial charge < -0.3 is 39.8 Å². The molecule has 14 heteroatoms. The minimum Gasteiger partial charge on any atom is -0.497 e. The number of carbonyl (C=O) groups excluding carboxylic acids is 5. The molecule has 14 nitrogen and oxygen atoms in total. The second-order valence-electron chi connectivity index (χ2n) is 16.7. The molecular weight excluding hydrogens is 743 g/mol. The first-order chi connectivity index (χ1) is 27.3. The number of rotatable bonds is 21. The molecule has 1 aliphatic rings. The number of ether oxygens (including phenoxy) is 3. The van der Waals surface area contributed by atoms with E-state index < -0.39 is 54.3 Å². The topological polar surface area (TPSA) is 167 Å². The Labute approximate surface area is 345 Å². The Morgan fingerprint density at radius 3 is 2.07 bits per heavy atom. The molecule has 0 aromatic heterocycles. The molecule has 58 heavy (non-hydrogen) atoms. The number of aliphatic hydroxyl groups is 1. The number of β-amino-alcohol motifs (C(OH)–C–C–N with tert-alkyl or cyclic N) is 1. The lowest BCUT2D eigenvalue weighted by molar-refractivity contribution is -0.148. The fraction of sp³-hybridized carbons (Fsp3) is 0.659. The van der Waals surface area contributed by atoms with Gasteiger partial charge in [0.2, 0.25) is 23.6 Å². The van der Waals surface area contributed by atoms with Crippen molar-refractivity contribution in [3.63, 3.8) is 0 Å². The van der Waals surface area contributed by atoms with Crippen molar-refractivity contribution in [2.24, 2.45) is 23.7 Å². The fourth-order valence-electron chi connectivity index (χ4n) is 8.36. The fourth-order valence-corrected chi connectivity index (χ4v) is 8.36. The Morgan fingerprint density at radius 1 is 0.879 bits per heavy atom. The Balaban J connectivity index is 1.76. The first-order valence-corrected chi connectivity index (χ1v) is 20.5. The van der Waals surface area contributed by atoms with Crippen LogP contribution in [0.5, 0.6) is 5.75 Å². The number of aliphatic hydroxyl groups excluding tert-OH is 1. The van der Waals surface area contributed by atoms with Gasteiger partial charge in [0, 0.05) is 33.4 Å². The molecule has 0 aliphatic carbocycles. The molecule has 1 heterocycles. The highest BCUT2D eigenvalue weighted by Gasteiger charge is 2.45. The SMILES string of the molecule is CC[C@H](C)[C@@H]([C@@H](CC(=O)N1C[C@@H](O)C[C@H]1[C@H](OC)[C@@H](C)C(=O)NCC(=O)c1ccc2cc(OC)ccc2c1)OC)N(C)C(=O)[C@@H](NC(=O)[C@H](C(C)C)N(C)C)C(C)C. The maximum atomic E-state index is 14.3. The summed E-state index contributed by atoms with van der Waals surface area (Å²) in [5.41, 5.74) is 0.453. The van der Waals surface area contributed by atoms with Crippen LogP contribution in [0.2, 0.25) is 0 Å². The van der Waals surface area contributed by atoms with Gasteiger partial charge in [0.15, 0.2) is 5.78 Å². The molecule has 0 saturated carbocycles. The van der Waals surface area contributed by atoms with E-state index in [1.165, 1.54) is 14.2 Å². The summed E-state index contributed by atoms with van der Waals surface area (Å²) >= 11 is 0. The van der Waals surface area contributed by atoms with E-state index in [2.05, 4.69) is 10.6 Å². The number of methoxy groups -OCH3 is 3. The zero-order valence-corrected chi connectivity index (χ0v) is 36.9. The highest BCUT2D eigenvalue weighted by Crippen LogP contribution is 2.30. The van der Waals surface area contributed by atoms with Crippen LogP contribution >= 0.6 is 0 Å². The first kappa shape index (κ1) is 48.3. The number of carbonyl (C=O) groups is 5. The number of fused-ring (bicyclic) bond motifs is 1. The second-order valence-corrected chi connectivity index (χ2v) is 16.7. The van der Waals surface area contributed by atoms with Crippen LogP contribution in [-0.2, 0) is 28.7 Å². The normalized spacial score (nSPS) is 19.4. The van der Waals surface area contributed by atoms with Gasteiger partial charge in [-0.05, 0) is 67.2 Å². The number of Topliss-reactive ketones (excluding diaryl/α,β-unsaturated/α-hetero) is 1. The van der Waals surface area contributed by atoms with Crippen LogP contribution in [0.15, 0.2) is 36.4 Å². The van der Waals surface area contributed by atoms with Crippen LogP contribution < -0.4 is 15.4 Å². The van der Waals surface area contributed by atoms with Crippen molar-refractivity contribution >= 4 is 40.2 Å². The zero-order valence-electron chi connectivity index (χ0n) is 36.9. The summed E-state index contributed by atoms with van der Waals surface area (Å²) in [6.45, 7) is 13.2. The van der Waals surface area contributed by atoms with Gasteiger partial charge in [-0.2, -0.15) is 0 Å². The number of amides is 4. The molecule has 2 aromatic carbocycles. The molecule has 3 rings (SSSR count). The Hall–Kier alpha value is -4.11. The largest absolute Gasteiger partial charge is 0.497 e. The van der Waals surface area contributed by atoms with Gasteiger partial charge >= 0.3 is 0 Å². The lowest BCUT2D eigenvalue weighted by Gasteiger charge is -2.41. The molecule has 1 aliphatic heterocycles. The zero-order chi connectivity index (χ0) is 43.6. The number of likely N-dealkylation sites (tertiary alicyclic amines) is 1. The molecule has 324 valence electrons. The van der Waals surface area contributed by atoms with Crippen LogP contribution in [0.4, 0.5) is 0 Å². The number of nitrogens with one attached hydrogen (secondary N) is 2. The van der Waals surface area contributed by atoms with Gasteiger partial charge in [-0.3, -0.25) is 28.9 Å². The first-order valence-electron chi connectivity index (χ1n) is 20.5. The average molecular weight is 812 g/mol. The number of likely N-dealkylation sites (N-methyl/N-ethyl adjacent to an activating group) is 2. The summed E-state index contributed by atoms with van der Waals surface area (Å²) in [7, 11) is 9.93. The number of nitrogens with zero attached hydrogens (tertiary/aromatic N) is 3. The van der Waals surface area contributed by atoms with Crippen LogP contribution in [0.1, 0.15) is 78.1 Å². The van der Waals surface area contributed by atoms with E-state index in [1.54, 1.807) is 43.0 Å². The summed E-state index contributed by atoms with van der Waals surface area (Å²) in [5.74, 6) is -1.87. The third-order valence-corrected chi connectivity index (χ3v) is 11.8. The van der Waals surface area contributed by atoms with E-state index in [0.717, 1.165) is 10.8 Å². The molecule has 4 amide bonds. The van der Waals surface area contributed by atoms with Crippen molar-refractivity contribution in [1.29, 1.82) is 0 Å². The van der Waals surface area contributed by atoms with Crippen LogP contribution in [-0.4, -0.2) is 147 Å². The van der Waals surface area contributed by atoms with Crippen LogP contribution in [0.3, 0.4) is 0 Å². The Kier molecular flexibility index (Phi) is 18.1. The van der Waals surface area contributed by atoms with E-state index in [9.17, 15) is 29.1 Å². The van der Waals surface area contributed by atoms with Crippen LogP contribution in [0.25, 0.3) is 10.8 Å². The maximum Gasteiger partial charge on any atom is 0.245 e. The van der Waals surface area contributed by atoms with Crippen molar-refractivity contribution < 1.29 is 43.3 Å². The molecule has 0 bridgehead atoms. The monoisotopic (exact) mass is 812 g/mol. The van der Waals surface area contributed by atoms with Gasteiger partial charge in [-0.1, -0.05) is 73.1 Å². The summed E-state index contributed by atoms with van der Waals surface area (Å²) in [6, 6.07) is 8.48. The summed E-state index contributed by atoms with van der Waals surface area (Å²) in [6.07, 6.45) is -1.60. The van der Waals surface area contributed by atoms with Gasteiger partial charge in [-0.25, -0.2) is 0 Å². The van der Waals surface area contributed by atoms with Crippen molar-refractivity contribution in [1.82, 2.24) is 25.3 Å². The predicted molar refractivity (Wildman–Crippen MR) is 224 cm³/mol. The van der Waals surface area contributed by atoms with Crippen molar-refractivity contribution in [3.05, 3.63) is 42.0 Å². The lowest BCUT2D eigenvalue weighted by Crippen LogP contribution is -2.59. The number of hydrogen-bond donors (Lipinski definition) is 3. The maximum absolute atomic E-state index is 14.3. The third kappa shape index (κ3) is 11.8. The molecule has 9 atom stereocenters. The van der Waals surface area contributed by atoms with Crippen molar-refractivity contribution in [3.8, 4) is 5.75 Å². The molecule has 0 spiro atoms. The van der Waals surface area contributed by atoms with E-state index in [-0.39, 0.29) is 67.2 Å². The standard InChI is InChI=1S/C44H69N5O9/c1-14-27(6)40(48(10)44(55)38(25(2)3)46-43(54)39(26(4)5)47(8)9)36(57-12)22-37(52)49-24-32(50)21-34(49)41(58-13)28(7)42(53)45-23-35(51)31-16-15-30-20-33(56-11)18-17-29(30)19-31/h15-20,25-28,32,34,36,38-41,50H,14,21-24H2,1-13H3,(H,45,53)(H,46,54)/t27-,28+,32-,34-,36+,38-,39-,40-,41+/m0/s1. The number of ketones is 1. The Bertz CT molecular complexity index is 1710. The predicted octanol–water partition coefficient (Wildman–Crippen LogP) is 3.77. The molecule has 0 unspecified atom stereocenters. The van der Waals surface area contributed by atoms with Gasteiger partial charge in [0.25, 0.3) is 0 Å². The summed E-state index contributed by atoms with van der Waals surface area (Å²) in [4.78, 5) is 73.6. The van der Waals surface area contributed by atoms with Gasteiger partial charge in [-0.15, -0.1) is 0 Å². The molecule has 1 fully saturated rings. The third-order valence-electron chi connectivity index (χ3n) is 11.8. The number of hydrogen-bond acceptors (Lipinski definition) is 10. The Morgan fingerprint density at radius 2 is 1.52 bits per heavy atom. The quantitative estimate of drug-likeness (QED) is 0.158. The molecule has 1 saturated heterocycles. The van der Waals surface area contributed by atoms with Gasteiger partial charge in [0.05, 0.1) is 62.4 Å². The molecular formula is C44H69N5O9. The van der Waals surface area contributed by atoms with E-state index in [1.807, 2.05) is 84.8 Å². The van der Waals surface area contributed by atoms with E-state index >= 15 is 0 Å². The smallest absolute Gasteiger partial charge is 0.245 e. The minimum absolute atomic E-state index is 0.0202. The van der Waals surface area contributed by atoms with E-state index in [0.29, 0.717) is 17.7 Å². The summed E-state index contributed by atoms with van der Waals surface area (Å²) in [5, 5.41) is 18.4. The highest BCUT2D eigenvalue weighted by molar-refractivity contribution is 6.02. The second kappa shape index (κ2) is 21.8. The highest BCUT2D eigenvalue weighted by atomic mass is 16.5. The molecule has 3 N–H and O–H groups in total. The van der Waals surface area contributed by atoms with Crippen molar-refractivity contribution in [2.75, 3.05) is 55.6 Å². The lowest BCUT2D eigenvalue weighted by atomic mass is 9.89. The van der Waals surface area contributed by atoms with Crippen LogP contribution in [0, 0.1) is 23.7 Å². The van der Waals surface area contributed by atoms with E-state index in [4.69, 9.17) is 14.2 Å². The summed E-state index contributed by atoms with van der Waals surface area (Å²) < 4.78 is 17.1. The van der Waals surface area contributed by atoms with Gasteiger partial charge in [0.1, 0.15) is 11.8 Å². The molecule has 0 radical (unpaired) electrons. The van der Waals surface area contributed by atoms with Crippen molar-refractivity contribution in [2.45, 2.75) is 110 Å². The average Bonchev–Trinajstić information content (AvgIpc) is 3.58.